The highest BCUT2D eigenvalue weighted by Crippen LogP contribution is 2.26. The predicted molar refractivity (Wildman–Crippen MR) is 107 cm³/mol. The molecule has 27 heavy (non-hydrogen) atoms. The molecule has 0 unspecified atom stereocenters. The van der Waals surface area contributed by atoms with E-state index >= 15 is 0 Å². The highest BCUT2D eigenvalue weighted by molar-refractivity contribution is 5.78. The largest absolute Gasteiger partial charge is 1.00 e. The van der Waals surface area contributed by atoms with Crippen LogP contribution in [-0.4, -0.2) is 9.38 Å². The summed E-state index contributed by atoms with van der Waals surface area (Å²) in [6.07, 6.45) is 3.08. The van der Waals surface area contributed by atoms with Crippen LogP contribution in [0.2, 0.25) is 0 Å². The van der Waals surface area contributed by atoms with Crippen LogP contribution in [0.25, 0.3) is 16.7 Å². The van der Waals surface area contributed by atoms with Gasteiger partial charge < -0.3 is 17.0 Å². The van der Waals surface area contributed by atoms with Crippen molar-refractivity contribution in [2.24, 2.45) is 0 Å². The highest BCUT2D eigenvalue weighted by Gasteiger charge is 2.26. The second-order valence-electron chi connectivity index (χ2n) is 7.93. The van der Waals surface area contributed by atoms with Crippen molar-refractivity contribution >= 4 is 16.7 Å². The number of halogens is 1. The van der Waals surface area contributed by atoms with E-state index in [1.54, 1.807) is 0 Å². The van der Waals surface area contributed by atoms with E-state index in [2.05, 4.69) is 97.5 Å². The van der Waals surface area contributed by atoms with E-state index < -0.39 is 0 Å². The number of aryl methyl sites for hydroxylation is 1. The maximum Gasteiger partial charge on any atom is 0.287 e. The Hall–Kier alpha value is -2.20. The summed E-state index contributed by atoms with van der Waals surface area (Å²) < 4.78 is 4.71. The molecule has 0 saturated heterocycles. The first-order chi connectivity index (χ1) is 12.5. The van der Waals surface area contributed by atoms with Gasteiger partial charge in [-0.2, -0.15) is 4.40 Å². The van der Waals surface area contributed by atoms with Gasteiger partial charge in [-0.15, -0.1) is 0 Å². The van der Waals surface area contributed by atoms with Crippen molar-refractivity contribution in [2.75, 3.05) is 0 Å². The first kappa shape index (κ1) is 19.6. The van der Waals surface area contributed by atoms with Gasteiger partial charge in [-0.05, 0) is 18.1 Å². The Bertz CT molecular complexity index is 1080. The lowest BCUT2D eigenvalue weighted by Crippen LogP contribution is -3.00. The standard InChI is InChI=1S/C23H26N3.BrH/c1-5-18-22-19(15-20(24-18)23(2,3)4)25-14-10-9-13-21(25)26(22)16-17-11-7-6-8-12-17;/h6-15H,5,16H2,1-4H3;1H/q+1;/p-1. The van der Waals surface area contributed by atoms with Gasteiger partial charge in [0.05, 0.1) is 17.6 Å². The van der Waals surface area contributed by atoms with Crippen molar-refractivity contribution in [3.8, 4) is 0 Å². The zero-order valence-corrected chi connectivity index (χ0v) is 18.0. The second-order valence-corrected chi connectivity index (χ2v) is 7.93. The Kier molecular flexibility index (Phi) is 5.38. The van der Waals surface area contributed by atoms with Crippen LogP contribution in [-0.2, 0) is 18.4 Å². The Labute approximate surface area is 171 Å². The minimum atomic E-state index is 0. The van der Waals surface area contributed by atoms with Gasteiger partial charge in [-0.25, -0.2) is 4.57 Å². The lowest BCUT2D eigenvalue weighted by molar-refractivity contribution is -0.636. The fourth-order valence-electron chi connectivity index (χ4n) is 3.58. The molecule has 4 heteroatoms. The molecule has 3 aromatic heterocycles. The smallest absolute Gasteiger partial charge is 0.287 e. The summed E-state index contributed by atoms with van der Waals surface area (Å²) in [5.74, 6) is 0. The van der Waals surface area contributed by atoms with Gasteiger partial charge in [0.1, 0.15) is 6.54 Å². The Balaban J connectivity index is 0.00000210. The number of benzene rings is 1. The molecular formula is C23H26BrN3. The number of rotatable bonds is 3. The number of hydrogen-bond acceptors (Lipinski definition) is 1. The summed E-state index contributed by atoms with van der Waals surface area (Å²) >= 11 is 0. The van der Waals surface area contributed by atoms with Crippen molar-refractivity contribution in [3.05, 3.63) is 77.7 Å². The SMILES string of the molecule is CCc1nc(C(C)(C)C)cc2c1[n+](Cc1ccccc1)c1ccccn21.[Br-]. The first-order valence-electron chi connectivity index (χ1n) is 9.36. The molecule has 140 valence electrons. The van der Waals surface area contributed by atoms with E-state index in [4.69, 9.17) is 4.98 Å². The van der Waals surface area contributed by atoms with Crippen molar-refractivity contribution < 1.29 is 21.5 Å². The van der Waals surface area contributed by atoms with Gasteiger partial charge in [0.25, 0.3) is 5.65 Å². The molecular weight excluding hydrogens is 398 g/mol. The van der Waals surface area contributed by atoms with E-state index in [9.17, 15) is 0 Å². The molecule has 0 aliphatic carbocycles. The maximum absolute atomic E-state index is 5.05. The van der Waals surface area contributed by atoms with Crippen LogP contribution in [0.3, 0.4) is 0 Å². The molecule has 0 aliphatic rings. The number of imidazole rings is 1. The van der Waals surface area contributed by atoms with Gasteiger partial charge in [0, 0.05) is 17.5 Å². The van der Waals surface area contributed by atoms with Crippen molar-refractivity contribution in [1.29, 1.82) is 0 Å². The average molecular weight is 424 g/mol. The first-order valence-corrected chi connectivity index (χ1v) is 9.36. The molecule has 3 nitrogen and oxygen atoms in total. The van der Waals surface area contributed by atoms with Gasteiger partial charge in [-0.3, -0.25) is 4.98 Å². The Morgan fingerprint density at radius 3 is 2.37 bits per heavy atom. The summed E-state index contributed by atoms with van der Waals surface area (Å²) in [7, 11) is 0. The number of pyridine rings is 2. The molecule has 0 spiro atoms. The van der Waals surface area contributed by atoms with Crippen LogP contribution in [0.15, 0.2) is 60.8 Å². The summed E-state index contributed by atoms with van der Waals surface area (Å²) in [5.41, 5.74) is 7.35. The van der Waals surface area contributed by atoms with E-state index in [0.717, 1.165) is 18.7 Å². The zero-order valence-electron chi connectivity index (χ0n) is 16.4. The summed E-state index contributed by atoms with van der Waals surface area (Å²) in [6.45, 7) is 9.74. The van der Waals surface area contributed by atoms with Crippen LogP contribution < -0.4 is 21.5 Å². The van der Waals surface area contributed by atoms with E-state index in [0.29, 0.717) is 0 Å². The molecule has 3 heterocycles. The Morgan fingerprint density at radius 2 is 1.70 bits per heavy atom. The molecule has 0 fully saturated rings. The lowest BCUT2D eigenvalue weighted by Gasteiger charge is -2.18. The molecule has 4 rings (SSSR count). The molecule has 0 saturated carbocycles. The van der Waals surface area contributed by atoms with Gasteiger partial charge in [0.2, 0.25) is 0 Å². The summed E-state index contributed by atoms with van der Waals surface area (Å²) in [6, 6.07) is 19.3. The van der Waals surface area contributed by atoms with Crippen LogP contribution in [0.4, 0.5) is 0 Å². The van der Waals surface area contributed by atoms with Crippen LogP contribution >= 0.6 is 0 Å². The molecule has 0 amide bonds. The molecule has 0 aliphatic heterocycles. The topological polar surface area (TPSA) is 21.2 Å². The maximum atomic E-state index is 5.05. The fourth-order valence-corrected chi connectivity index (χ4v) is 3.58. The molecule has 1 aromatic carbocycles. The van der Waals surface area contributed by atoms with Crippen molar-refractivity contribution in [1.82, 2.24) is 9.38 Å². The van der Waals surface area contributed by atoms with Gasteiger partial charge in [-0.1, -0.05) is 64.1 Å². The minimum absolute atomic E-state index is 0. The Morgan fingerprint density at radius 1 is 1.00 bits per heavy atom. The molecule has 4 aromatic rings. The van der Waals surface area contributed by atoms with Crippen LogP contribution in [0.5, 0.6) is 0 Å². The summed E-state index contributed by atoms with van der Waals surface area (Å²) in [4.78, 5) is 5.05. The summed E-state index contributed by atoms with van der Waals surface area (Å²) in [5, 5.41) is 0. The molecule has 0 radical (unpaired) electrons. The van der Waals surface area contributed by atoms with E-state index in [1.807, 2.05) is 0 Å². The minimum Gasteiger partial charge on any atom is -1.00 e. The quantitative estimate of drug-likeness (QED) is 0.459. The third kappa shape index (κ3) is 3.51. The number of hydrogen-bond donors (Lipinski definition) is 0. The van der Waals surface area contributed by atoms with Gasteiger partial charge in [0.15, 0.2) is 11.0 Å². The third-order valence-corrected chi connectivity index (χ3v) is 4.98. The van der Waals surface area contributed by atoms with E-state index in [-0.39, 0.29) is 22.4 Å². The molecule has 0 bridgehead atoms. The second kappa shape index (κ2) is 7.43. The van der Waals surface area contributed by atoms with E-state index in [1.165, 1.54) is 27.9 Å². The molecule has 0 N–H and O–H groups in total. The molecule has 0 atom stereocenters. The van der Waals surface area contributed by atoms with Gasteiger partial charge >= 0.3 is 0 Å². The normalized spacial score (nSPS) is 11.7. The fraction of sp³-hybridized carbons (Fsp3) is 0.304. The number of nitrogens with zero attached hydrogens (tertiary/aromatic N) is 3. The van der Waals surface area contributed by atoms with Crippen molar-refractivity contribution in [3.63, 3.8) is 0 Å². The third-order valence-electron chi connectivity index (χ3n) is 4.98. The number of aromatic nitrogens is 3. The van der Waals surface area contributed by atoms with Crippen LogP contribution in [0, 0.1) is 0 Å². The average Bonchev–Trinajstić information content (AvgIpc) is 2.95. The monoisotopic (exact) mass is 423 g/mol. The van der Waals surface area contributed by atoms with Crippen LogP contribution in [0.1, 0.15) is 44.6 Å². The van der Waals surface area contributed by atoms with Crippen molar-refractivity contribution in [2.45, 2.75) is 46.1 Å². The number of fused-ring (bicyclic) bond motifs is 3. The highest BCUT2D eigenvalue weighted by atomic mass is 79.9. The lowest BCUT2D eigenvalue weighted by atomic mass is 9.91. The zero-order chi connectivity index (χ0) is 18.3. The predicted octanol–water partition coefficient (Wildman–Crippen LogP) is 1.69.